The summed E-state index contributed by atoms with van der Waals surface area (Å²) in [6.45, 7) is 6.95. The number of aryl methyl sites for hydroxylation is 1. The molecule has 0 unspecified atom stereocenters. The molecule has 0 radical (unpaired) electrons. The Hall–Kier alpha value is -3.45. The highest BCUT2D eigenvalue weighted by molar-refractivity contribution is 5.92. The van der Waals surface area contributed by atoms with E-state index in [2.05, 4.69) is 42.8 Å². The Kier molecular flexibility index (Phi) is 4.90. The van der Waals surface area contributed by atoms with E-state index in [1.165, 1.54) is 0 Å². The van der Waals surface area contributed by atoms with E-state index >= 15 is 0 Å². The van der Waals surface area contributed by atoms with Crippen LogP contribution in [0.4, 0.5) is 17.5 Å². The van der Waals surface area contributed by atoms with Crippen molar-refractivity contribution in [2.75, 3.05) is 23.8 Å². The average Bonchev–Trinajstić information content (AvgIpc) is 3.01. The molecule has 2 aromatic carbocycles. The molecular weight excluding hydrogens is 352 g/mol. The quantitative estimate of drug-likeness (QED) is 0.428. The molecule has 0 atom stereocenters. The number of allylic oxidation sites excluding steroid dienone is 1. The largest absolute Gasteiger partial charge is 0.395 e. The number of nitrogens with one attached hydrogen (secondary N) is 2. The fourth-order valence-corrected chi connectivity index (χ4v) is 3.24. The maximum Gasteiger partial charge on any atom is 0.225 e. The molecule has 4 rings (SSSR count). The van der Waals surface area contributed by atoms with Crippen molar-refractivity contribution in [2.24, 2.45) is 0 Å². The van der Waals surface area contributed by atoms with Gasteiger partial charge in [-0.3, -0.25) is 0 Å². The zero-order valence-corrected chi connectivity index (χ0v) is 15.7. The molecule has 0 bridgehead atoms. The molecule has 2 aromatic heterocycles. The average molecular weight is 374 g/mol. The number of fused-ring (bicyclic) bond motifs is 2. The van der Waals surface area contributed by atoms with E-state index in [0.717, 1.165) is 40.0 Å². The van der Waals surface area contributed by atoms with Crippen LogP contribution in [-0.2, 0) is 6.54 Å². The molecule has 142 valence electrons. The first-order valence-electron chi connectivity index (χ1n) is 9.16. The first-order chi connectivity index (χ1) is 13.7. The maximum absolute atomic E-state index is 9.06. The molecule has 0 spiro atoms. The van der Waals surface area contributed by atoms with Gasteiger partial charge in [0, 0.05) is 24.2 Å². The number of rotatable bonds is 7. The third-order valence-electron chi connectivity index (χ3n) is 4.51. The monoisotopic (exact) mass is 374 g/mol. The number of aliphatic hydroxyl groups is 1. The van der Waals surface area contributed by atoms with Crippen molar-refractivity contribution in [3.8, 4) is 0 Å². The molecule has 4 aromatic rings. The Labute approximate surface area is 162 Å². The smallest absolute Gasteiger partial charge is 0.225 e. The predicted molar refractivity (Wildman–Crippen MR) is 113 cm³/mol. The summed E-state index contributed by atoms with van der Waals surface area (Å²) in [6, 6.07) is 13.9. The molecule has 0 fully saturated rings. The topological polar surface area (TPSA) is 87.9 Å². The minimum absolute atomic E-state index is 0.0162. The lowest BCUT2D eigenvalue weighted by Crippen LogP contribution is -2.10. The van der Waals surface area contributed by atoms with E-state index in [0.29, 0.717) is 18.3 Å². The highest BCUT2D eigenvalue weighted by atomic mass is 16.3. The van der Waals surface area contributed by atoms with E-state index in [1.54, 1.807) is 0 Å². The Bertz CT molecular complexity index is 1150. The minimum Gasteiger partial charge on any atom is -0.395 e. The van der Waals surface area contributed by atoms with Gasteiger partial charge in [-0.25, -0.2) is 9.97 Å². The van der Waals surface area contributed by atoms with E-state index < -0.39 is 0 Å². The molecule has 0 amide bonds. The number of anilines is 3. The van der Waals surface area contributed by atoms with Crippen LogP contribution in [0.2, 0.25) is 0 Å². The summed E-state index contributed by atoms with van der Waals surface area (Å²) in [5.41, 5.74) is 3.71. The zero-order valence-electron chi connectivity index (χ0n) is 15.7. The number of hydrogen-bond donors (Lipinski definition) is 3. The van der Waals surface area contributed by atoms with Gasteiger partial charge < -0.3 is 20.3 Å². The van der Waals surface area contributed by atoms with Crippen LogP contribution in [0.5, 0.6) is 0 Å². The number of aromatic nitrogens is 4. The predicted octanol–water partition coefficient (Wildman–Crippen LogP) is 3.62. The van der Waals surface area contributed by atoms with Crippen molar-refractivity contribution >= 4 is 39.4 Å². The van der Waals surface area contributed by atoms with E-state index in [4.69, 9.17) is 5.11 Å². The summed E-state index contributed by atoms with van der Waals surface area (Å²) in [4.78, 5) is 13.7. The van der Waals surface area contributed by atoms with Crippen molar-refractivity contribution in [1.82, 2.24) is 19.5 Å². The number of hydrogen-bond acceptors (Lipinski definition) is 6. The van der Waals surface area contributed by atoms with Crippen molar-refractivity contribution < 1.29 is 5.11 Å². The number of imidazole rings is 1. The van der Waals surface area contributed by atoms with Gasteiger partial charge >= 0.3 is 0 Å². The summed E-state index contributed by atoms with van der Waals surface area (Å²) in [7, 11) is 0. The summed E-state index contributed by atoms with van der Waals surface area (Å²) < 4.78 is 2.13. The summed E-state index contributed by atoms with van der Waals surface area (Å²) in [5.74, 6) is 2.13. The van der Waals surface area contributed by atoms with Gasteiger partial charge in [0.2, 0.25) is 5.95 Å². The van der Waals surface area contributed by atoms with Crippen LogP contribution in [0.25, 0.3) is 21.9 Å². The lowest BCUT2D eigenvalue weighted by atomic mass is 10.2. The van der Waals surface area contributed by atoms with E-state index in [-0.39, 0.29) is 6.61 Å². The standard InChI is InChI=1S/C21H22N6O/c1-3-11-27-14(2)23-18-13-15(8-9-19(18)27)24-20-16-6-4-5-7-17(16)25-21(26-20)22-10-12-28/h3-9,13,28H,1,10-12H2,2H3,(H2,22,24,25,26). The van der Waals surface area contributed by atoms with Crippen LogP contribution in [0.1, 0.15) is 5.82 Å². The number of nitrogens with zero attached hydrogens (tertiary/aromatic N) is 4. The maximum atomic E-state index is 9.06. The summed E-state index contributed by atoms with van der Waals surface area (Å²) in [5, 5.41) is 16.4. The van der Waals surface area contributed by atoms with Crippen LogP contribution in [-0.4, -0.2) is 37.8 Å². The molecule has 28 heavy (non-hydrogen) atoms. The molecule has 2 heterocycles. The molecule has 0 aliphatic heterocycles. The molecule has 0 aliphatic rings. The number of benzene rings is 2. The summed E-state index contributed by atoms with van der Waals surface area (Å²) >= 11 is 0. The van der Waals surface area contributed by atoms with Crippen LogP contribution >= 0.6 is 0 Å². The lowest BCUT2D eigenvalue weighted by Gasteiger charge is -2.12. The van der Waals surface area contributed by atoms with Crippen LogP contribution in [0, 0.1) is 6.92 Å². The van der Waals surface area contributed by atoms with Gasteiger partial charge in [0.1, 0.15) is 11.6 Å². The molecule has 7 nitrogen and oxygen atoms in total. The van der Waals surface area contributed by atoms with Gasteiger partial charge in [0.05, 0.1) is 23.2 Å². The van der Waals surface area contributed by atoms with Crippen LogP contribution in [0.15, 0.2) is 55.1 Å². The third-order valence-corrected chi connectivity index (χ3v) is 4.51. The SMILES string of the molecule is C=CCn1c(C)nc2cc(Nc3nc(NCCO)nc4ccccc34)ccc21. The number of aliphatic hydroxyl groups excluding tert-OH is 1. The van der Waals surface area contributed by atoms with Gasteiger partial charge in [-0.05, 0) is 37.3 Å². The van der Waals surface area contributed by atoms with Gasteiger partial charge in [0.25, 0.3) is 0 Å². The van der Waals surface area contributed by atoms with Crippen LogP contribution < -0.4 is 10.6 Å². The molecule has 0 saturated carbocycles. The molecule has 0 aliphatic carbocycles. The van der Waals surface area contributed by atoms with Crippen molar-refractivity contribution in [2.45, 2.75) is 13.5 Å². The Balaban J connectivity index is 1.73. The normalized spacial score (nSPS) is 11.1. The Morgan fingerprint density at radius 2 is 1.96 bits per heavy atom. The van der Waals surface area contributed by atoms with Crippen molar-refractivity contribution in [3.63, 3.8) is 0 Å². The van der Waals surface area contributed by atoms with Gasteiger partial charge in [-0.15, -0.1) is 6.58 Å². The molecular formula is C21H22N6O. The second-order valence-corrected chi connectivity index (χ2v) is 6.45. The second-order valence-electron chi connectivity index (χ2n) is 6.45. The van der Waals surface area contributed by atoms with E-state index in [9.17, 15) is 0 Å². The number of para-hydroxylation sites is 1. The fourth-order valence-electron chi connectivity index (χ4n) is 3.24. The Morgan fingerprint density at radius 3 is 2.79 bits per heavy atom. The minimum atomic E-state index is 0.0162. The highest BCUT2D eigenvalue weighted by Crippen LogP contribution is 2.27. The van der Waals surface area contributed by atoms with E-state index in [1.807, 2.05) is 49.4 Å². The molecule has 7 heteroatoms. The molecule has 0 saturated heterocycles. The van der Waals surface area contributed by atoms with Crippen molar-refractivity contribution in [3.05, 3.63) is 60.9 Å². The molecule has 3 N–H and O–H groups in total. The zero-order chi connectivity index (χ0) is 19.5. The fraction of sp³-hybridized carbons (Fsp3) is 0.190. The highest BCUT2D eigenvalue weighted by Gasteiger charge is 2.10. The third kappa shape index (κ3) is 3.39. The Morgan fingerprint density at radius 1 is 1.11 bits per heavy atom. The van der Waals surface area contributed by atoms with Crippen LogP contribution in [0.3, 0.4) is 0 Å². The second kappa shape index (κ2) is 7.66. The lowest BCUT2D eigenvalue weighted by molar-refractivity contribution is 0.311. The van der Waals surface area contributed by atoms with Gasteiger partial charge in [0.15, 0.2) is 0 Å². The first-order valence-corrected chi connectivity index (χ1v) is 9.16. The van der Waals surface area contributed by atoms with Gasteiger partial charge in [-0.1, -0.05) is 18.2 Å². The summed E-state index contributed by atoms with van der Waals surface area (Å²) in [6.07, 6.45) is 1.87. The first kappa shape index (κ1) is 17.9. The van der Waals surface area contributed by atoms with Crippen molar-refractivity contribution in [1.29, 1.82) is 0 Å². The van der Waals surface area contributed by atoms with Gasteiger partial charge in [-0.2, -0.15) is 4.98 Å².